The third-order valence-corrected chi connectivity index (χ3v) is 5.72. The smallest absolute Gasteiger partial charge is 0.240 e. The number of carbonyl (C=O) groups is 1. The first-order valence-corrected chi connectivity index (χ1v) is 10.3. The highest BCUT2D eigenvalue weighted by Crippen LogP contribution is 2.27. The molecule has 4 rings (SSSR count). The van der Waals surface area contributed by atoms with Crippen molar-refractivity contribution in [2.75, 3.05) is 13.6 Å². The fourth-order valence-corrected chi connectivity index (χ4v) is 4.25. The van der Waals surface area contributed by atoms with Gasteiger partial charge in [0.1, 0.15) is 0 Å². The molecule has 0 bridgehead atoms. The predicted octanol–water partition coefficient (Wildman–Crippen LogP) is 3.84. The van der Waals surface area contributed by atoms with E-state index in [4.69, 9.17) is 4.52 Å². The molecule has 0 atom stereocenters. The second kappa shape index (κ2) is 7.95. The maximum Gasteiger partial charge on any atom is 0.240 e. The van der Waals surface area contributed by atoms with Crippen molar-refractivity contribution in [1.29, 1.82) is 0 Å². The van der Waals surface area contributed by atoms with Crippen molar-refractivity contribution in [3.05, 3.63) is 64.1 Å². The van der Waals surface area contributed by atoms with Crippen molar-refractivity contribution < 1.29 is 9.32 Å². The Morgan fingerprint density at radius 2 is 2.00 bits per heavy atom. The molecule has 3 aromatic rings. The van der Waals surface area contributed by atoms with Gasteiger partial charge in [0.2, 0.25) is 5.89 Å². The number of rotatable bonds is 7. The van der Waals surface area contributed by atoms with Crippen LogP contribution in [0.3, 0.4) is 0 Å². The summed E-state index contributed by atoms with van der Waals surface area (Å²) < 4.78 is 7.43. The fourth-order valence-electron chi connectivity index (χ4n) is 4.25. The lowest BCUT2D eigenvalue weighted by Crippen LogP contribution is -2.26. The molecule has 6 heteroatoms. The van der Waals surface area contributed by atoms with Gasteiger partial charge in [-0.3, -0.25) is 9.69 Å². The Balaban J connectivity index is 1.51. The third kappa shape index (κ3) is 3.90. The van der Waals surface area contributed by atoms with E-state index in [-0.39, 0.29) is 5.78 Å². The van der Waals surface area contributed by atoms with E-state index in [1.807, 2.05) is 31.9 Å². The van der Waals surface area contributed by atoms with Gasteiger partial charge < -0.3 is 9.09 Å². The summed E-state index contributed by atoms with van der Waals surface area (Å²) in [5.74, 6) is 1.33. The van der Waals surface area contributed by atoms with Crippen molar-refractivity contribution in [2.24, 2.45) is 0 Å². The molecular formula is C23H28N4O2. The van der Waals surface area contributed by atoms with Gasteiger partial charge in [-0.05, 0) is 69.5 Å². The molecule has 29 heavy (non-hydrogen) atoms. The van der Waals surface area contributed by atoms with Crippen LogP contribution in [-0.4, -0.2) is 39.0 Å². The zero-order valence-electron chi connectivity index (χ0n) is 17.7. The molecule has 2 heterocycles. The molecule has 0 spiro atoms. The number of aromatic nitrogens is 3. The van der Waals surface area contributed by atoms with Crippen LogP contribution in [0.2, 0.25) is 0 Å². The van der Waals surface area contributed by atoms with Crippen LogP contribution in [0.25, 0.3) is 5.69 Å². The molecule has 0 radical (unpaired) electrons. The molecule has 2 aromatic heterocycles. The van der Waals surface area contributed by atoms with Crippen LogP contribution >= 0.6 is 0 Å². The second-order valence-electron chi connectivity index (χ2n) is 7.98. The number of likely N-dealkylation sites (N-methyl/N-ethyl adjacent to an activating group) is 1. The van der Waals surface area contributed by atoms with Gasteiger partial charge in [-0.1, -0.05) is 18.1 Å². The molecule has 0 amide bonds. The number of benzene rings is 1. The third-order valence-electron chi connectivity index (χ3n) is 5.72. The molecule has 1 aliphatic carbocycles. The zero-order chi connectivity index (χ0) is 20.5. The minimum absolute atomic E-state index is 0.100. The monoisotopic (exact) mass is 392 g/mol. The molecule has 0 saturated carbocycles. The summed E-state index contributed by atoms with van der Waals surface area (Å²) in [5, 5.41) is 3.91. The van der Waals surface area contributed by atoms with Crippen molar-refractivity contribution in [2.45, 2.75) is 53.0 Å². The summed E-state index contributed by atoms with van der Waals surface area (Å²) in [4.78, 5) is 19.2. The van der Waals surface area contributed by atoms with Gasteiger partial charge in [-0.2, -0.15) is 4.98 Å². The van der Waals surface area contributed by atoms with E-state index in [9.17, 15) is 4.79 Å². The topological polar surface area (TPSA) is 64.2 Å². The molecule has 152 valence electrons. The van der Waals surface area contributed by atoms with E-state index in [1.54, 1.807) is 0 Å². The SMILES string of the molecule is CCc1noc(CN(C)CC(=O)c2cc(C)n(-c3ccc4c(c3)CCC4)c2C)n1. The maximum absolute atomic E-state index is 13.0. The minimum Gasteiger partial charge on any atom is -0.338 e. The van der Waals surface area contributed by atoms with E-state index in [0.717, 1.165) is 35.5 Å². The summed E-state index contributed by atoms with van der Waals surface area (Å²) >= 11 is 0. The van der Waals surface area contributed by atoms with Crippen molar-refractivity contribution in [3.8, 4) is 5.69 Å². The molecule has 1 aromatic carbocycles. The lowest BCUT2D eigenvalue weighted by molar-refractivity contribution is 0.0936. The number of aryl methyl sites for hydroxylation is 4. The first-order chi connectivity index (χ1) is 14.0. The van der Waals surface area contributed by atoms with E-state index in [1.165, 1.54) is 24.0 Å². The zero-order valence-corrected chi connectivity index (χ0v) is 17.7. The standard InChI is InChI=1S/C23H28N4O2/c1-5-22-24-23(29-25-22)14-26(4)13-21(28)20-11-15(2)27(16(20)3)19-10-9-17-7-6-8-18(17)12-19/h9-12H,5-8,13-14H2,1-4H3. The Morgan fingerprint density at radius 3 is 2.76 bits per heavy atom. The average molecular weight is 393 g/mol. The van der Waals surface area contributed by atoms with E-state index < -0.39 is 0 Å². The molecule has 0 unspecified atom stereocenters. The lowest BCUT2D eigenvalue weighted by Gasteiger charge is -2.14. The van der Waals surface area contributed by atoms with Crippen LogP contribution in [0.5, 0.6) is 0 Å². The molecule has 1 aliphatic rings. The Kier molecular flexibility index (Phi) is 5.37. The highest BCUT2D eigenvalue weighted by atomic mass is 16.5. The van der Waals surface area contributed by atoms with Gasteiger partial charge in [0, 0.05) is 29.1 Å². The second-order valence-corrected chi connectivity index (χ2v) is 7.98. The number of hydrogen-bond acceptors (Lipinski definition) is 5. The summed E-state index contributed by atoms with van der Waals surface area (Å²) in [5.41, 5.74) is 6.89. The Hall–Kier alpha value is -2.73. The van der Waals surface area contributed by atoms with Gasteiger partial charge in [-0.15, -0.1) is 0 Å². The van der Waals surface area contributed by atoms with Gasteiger partial charge in [0.05, 0.1) is 13.1 Å². The molecule has 0 fully saturated rings. The molecule has 0 saturated heterocycles. The average Bonchev–Trinajstić information content (AvgIpc) is 3.40. The van der Waals surface area contributed by atoms with Gasteiger partial charge >= 0.3 is 0 Å². The Bertz CT molecular complexity index is 1050. The molecule has 0 N–H and O–H groups in total. The van der Waals surface area contributed by atoms with Gasteiger partial charge in [0.15, 0.2) is 11.6 Å². The number of carbonyl (C=O) groups excluding carboxylic acids is 1. The highest BCUT2D eigenvalue weighted by molar-refractivity contribution is 5.99. The van der Waals surface area contributed by atoms with Crippen LogP contribution in [0.1, 0.15) is 57.9 Å². The number of hydrogen-bond donors (Lipinski definition) is 0. The van der Waals surface area contributed by atoms with Crippen molar-refractivity contribution in [1.82, 2.24) is 19.6 Å². The summed E-state index contributed by atoms with van der Waals surface area (Å²) in [6.07, 6.45) is 4.29. The molecule has 6 nitrogen and oxygen atoms in total. The summed E-state index contributed by atoms with van der Waals surface area (Å²) in [6.45, 7) is 6.84. The predicted molar refractivity (Wildman–Crippen MR) is 112 cm³/mol. The van der Waals surface area contributed by atoms with Crippen LogP contribution < -0.4 is 0 Å². The van der Waals surface area contributed by atoms with Crippen LogP contribution in [0.15, 0.2) is 28.8 Å². The number of fused-ring (bicyclic) bond motifs is 1. The lowest BCUT2D eigenvalue weighted by atomic mass is 10.1. The minimum atomic E-state index is 0.100. The largest absolute Gasteiger partial charge is 0.338 e. The normalized spacial score (nSPS) is 13.3. The first-order valence-electron chi connectivity index (χ1n) is 10.3. The van der Waals surface area contributed by atoms with Crippen LogP contribution in [0, 0.1) is 13.8 Å². The highest BCUT2D eigenvalue weighted by Gasteiger charge is 2.20. The van der Waals surface area contributed by atoms with E-state index in [0.29, 0.717) is 24.8 Å². The fraction of sp³-hybridized carbons (Fsp3) is 0.435. The Labute approximate surface area is 171 Å². The molecule has 0 aliphatic heterocycles. The Morgan fingerprint density at radius 1 is 1.21 bits per heavy atom. The van der Waals surface area contributed by atoms with Crippen molar-refractivity contribution in [3.63, 3.8) is 0 Å². The maximum atomic E-state index is 13.0. The van der Waals surface area contributed by atoms with Gasteiger partial charge in [-0.25, -0.2) is 0 Å². The number of nitrogens with zero attached hydrogens (tertiary/aromatic N) is 4. The van der Waals surface area contributed by atoms with E-state index >= 15 is 0 Å². The van der Waals surface area contributed by atoms with Crippen LogP contribution in [-0.2, 0) is 25.8 Å². The first kappa shape index (κ1) is 19.6. The van der Waals surface area contributed by atoms with Gasteiger partial charge in [0.25, 0.3) is 0 Å². The van der Waals surface area contributed by atoms with E-state index in [2.05, 4.69) is 39.8 Å². The van der Waals surface area contributed by atoms with Crippen LogP contribution in [0.4, 0.5) is 0 Å². The summed E-state index contributed by atoms with van der Waals surface area (Å²) in [7, 11) is 1.90. The quantitative estimate of drug-likeness (QED) is 0.572. The summed E-state index contributed by atoms with van der Waals surface area (Å²) in [6, 6.07) is 8.69. The number of Topliss-reactive ketones (excluding diaryl/α,β-unsaturated/α-hetero) is 1. The molecular weight excluding hydrogens is 364 g/mol. The number of ketones is 1. The van der Waals surface area contributed by atoms with Crippen molar-refractivity contribution >= 4 is 5.78 Å².